The van der Waals surface area contributed by atoms with Gasteiger partial charge in [-0.1, -0.05) is 42.1 Å². The van der Waals surface area contributed by atoms with Crippen LogP contribution in [0.25, 0.3) is 11.4 Å². The lowest BCUT2D eigenvalue weighted by Crippen LogP contribution is -2.07. The fourth-order valence-corrected chi connectivity index (χ4v) is 3.80. The van der Waals surface area contributed by atoms with Crippen molar-refractivity contribution in [2.75, 3.05) is 5.75 Å². The zero-order chi connectivity index (χ0) is 20.9. The fourth-order valence-electron chi connectivity index (χ4n) is 2.97. The normalized spacial score (nSPS) is 10.9. The summed E-state index contributed by atoms with van der Waals surface area (Å²) in [5.41, 5.74) is 2.22. The van der Waals surface area contributed by atoms with Gasteiger partial charge in [0.15, 0.2) is 16.8 Å². The number of nitrogens with zero attached hydrogens (tertiary/aromatic N) is 3. The molecule has 0 N–H and O–H groups in total. The minimum Gasteiger partial charge on any atom is -0.298 e. The zero-order valence-electron chi connectivity index (χ0n) is 15.8. The largest absolute Gasteiger partial charge is 0.298 e. The van der Waals surface area contributed by atoms with Crippen molar-refractivity contribution in [3.05, 3.63) is 102 Å². The summed E-state index contributed by atoms with van der Waals surface area (Å²) in [7, 11) is 0. The molecule has 0 aliphatic heterocycles. The van der Waals surface area contributed by atoms with Crippen molar-refractivity contribution in [3.8, 4) is 11.4 Å². The average Bonchev–Trinajstić information content (AvgIpc) is 3.16. The van der Waals surface area contributed by atoms with Gasteiger partial charge in [-0.3, -0.25) is 9.36 Å². The molecule has 1 heterocycles. The Morgan fingerprint density at radius 3 is 2.13 bits per heavy atom. The number of aromatic nitrogens is 3. The molecule has 3 aromatic carbocycles. The van der Waals surface area contributed by atoms with Gasteiger partial charge in [-0.2, -0.15) is 0 Å². The van der Waals surface area contributed by atoms with E-state index in [0.717, 1.165) is 11.1 Å². The first-order valence-electron chi connectivity index (χ1n) is 9.25. The topological polar surface area (TPSA) is 47.8 Å². The van der Waals surface area contributed by atoms with E-state index >= 15 is 0 Å². The Morgan fingerprint density at radius 2 is 1.47 bits per heavy atom. The van der Waals surface area contributed by atoms with Crippen LogP contribution in [0.1, 0.15) is 15.9 Å². The van der Waals surface area contributed by atoms with Crippen LogP contribution in [0.5, 0.6) is 0 Å². The number of ketones is 1. The van der Waals surface area contributed by atoms with E-state index in [4.69, 9.17) is 0 Å². The van der Waals surface area contributed by atoms with Crippen LogP contribution in [-0.4, -0.2) is 26.3 Å². The second-order valence-corrected chi connectivity index (χ2v) is 7.55. The molecule has 0 aliphatic carbocycles. The molecule has 4 nitrogen and oxygen atoms in total. The maximum absolute atomic E-state index is 13.3. The molecule has 0 radical (unpaired) electrons. The summed E-state index contributed by atoms with van der Waals surface area (Å²) >= 11 is 1.26. The molecule has 0 atom stereocenters. The SMILES string of the molecule is O=C(CSc1nnc(-c2ccc(F)cc2)n1Cc1ccccc1)c1ccc(F)cc1. The van der Waals surface area contributed by atoms with E-state index in [-0.39, 0.29) is 23.2 Å². The highest BCUT2D eigenvalue weighted by atomic mass is 32.2. The number of hydrogen-bond acceptors (Lipinski definition) is 4. The van der Waals surface area contributed by atoms with E-state index in [2.05, 4.69) is 10.2 Å². The van der Waals surface area contributed by atoms with Gasteiger partial charge in [0.25, 0.3) is 0 Å². The molecule has 4 rings (SSSR count). The minimum atomic E-state index is -0.384. The predicted molar refractivity (Wildman–Crippen MR) is 112 cm³/mol. The lowest BCUT2D eigenvalue weighted by atomic mass is 10.1. The molecule has 1 aromatic heterocycles. The zero-order valence-corrected chi connectivity index (χ0v) is 16.7. The lowest BCUT2D eigenvalue weighted by Gasteiger charge is -2.10. The molecule has 0 spiro atoms. The van der Waals surface area contributed by atoms with Gasteiger partial charge >= 0.3 is 0 Å². The quantitative estimate of drug-likeness (QED) is 0.302. The Labute approximate surface area is 176 Å². The van der Waals surface area contributed by atoms with E-state index < -0.39 is 0 Å². The summed E-state index contributed by atoms with van der Waals surface area (Å²) in [4.78, 5) is 12.5. The van der Waals surface area contributed by atoms with Crippen LogP contribution in [0.3, 0.4) is 0 Å². The third-order valence-electron chi connectivity index (χ3n) is 4.50. The molecule has 0 saturated heterocycles. The molecule has 30 heavy (non-hydrogen) atoms. The maximum atomic E-state index is 13.3. The third-order valence-corrected chi connectivity index (χ3v) is 5.47. The highest BCUT2D eigenvalue weighted by molar-refractivity contribution is 7.99. The van der Waals surface area contributed by atoms with E-state index in [1.807, 2.05) is 34.9 Å². The van der Waals surface area contributed by atoms with Gasteiger partial charge in [0.05, 0.1) is 12.3 Å². The average molecular weight is 421 g/mol. The summed E-state index contributed by atoms with van der Waals surface area (Å²) < 4.78 is 28.3. The van der Waals surface area contributed by atoms with E-state index in [1.165, 1.54) is 48.2 Å². The van der Waals surface area contributed by atoms with Crippen LogP contribution < -0.4 is 0 Å². The van der Waals surface area contributed by atoms with Gasteiger partial charge in [0.2, 0.25) is 0 Å². The first-order chi connectivity index (χ1) is 14.6. The van der Waals surface area contributed by atoms with Crippen LogP contribution in [-0.2, 0) is 6.54 Å². The first kappa shape index (κ1) is 20.0. The number of Topliss-reactive ketones (excluding diaryl/α,β-unsaturated/α-hetero) is 1. The standard InChI is InChI=1S/C23H17F2N3OS/c24-19-10-6-17(7-11-19)21(29)15-30-23-27-26-22(18-8-12-20(25)13-9-18)28(23)14-16-4-2-1-3-5-16/h1-13H,14-15H2. The molecular formula is C23H17F2N3OS. The Kier molecular flexibility index (Phi) is 5.99. The molecule has 0 aliphatic rings. The molecule has 4 aromatic rings. The number of carbonyl (C=O) groups excluding carboxylic acids is 1. The summed E-state index contributed by atoms with van der Waals surface area (Å²) in [6.07, 6.45) is 0. The van der Waals surface area contributed by atoms with Crippen LogP contribution in [0.4, 0.5) is 8.78 Å². The number of rotatable bonds is 7. The molecule has 7 heteroatoms. The van der Waals surface area contributed by atoms with Crippen molar-refractivity contribution in [1.82, 2.24) is 14.8 Å². The molecule has 150 valence electrons. The van der Waals surface area contributed by atoms with E-state index in [9.17, 15) is 13.6 Å². The van der Waals surface area contributed by atoms with Crippen molar-refractivity contribution in [1.29, 1.82) is 0 Å². The summed E-state index contributed by atoms with van der Waals surface area (Å²) in [5.74, 6) is -0.103. The van der Waals surface area contributed by atoms with Crippen LogP contribution in [0.2, 0.25) is 0 Å². The minimum absolute atomic E-state index is 0.127. The fraction of sp³-hybridized carbons (Fsp3) is 0.0870. The summed E-state index contributed by atoms with van der Waals surface area (Å²) in [5, 5.41) is 9.12. The highest BCUT2D eigenvalue weighted by Gasteiger charge is 2.17. The number of thioether (sulfide) groups is 1. The van der Waals surface area contributed by atoms with Gasteiger partial charge in [-0.15, -0.1) is 10.2 Å². The van der Waals surface area contributed by atoms with Crippen LogP contribution in [0.15, 0.2) is 84.0 Å². The second kappa shape index (κ2) is 9.00. The van der Waals surface area contributed by atoms with Crippen molar-refractivity contribution in [2.45, 2.75) is 11.7 Å². The second-order valence-electron chi connectivity index (χ2n) is 6.60. The van der Waals surface area contributed by atoms with Crippen LogP contribution >= 0.6 is 11.8 Å². The van der Waals surface area contributed by atoms with Gasteiger partial charge in [0, 0.05) is 11.1 Å². The molecule has 0 fully saturated rings. The van der Waals surface area contributed by atoms with Crippen molar-refractivity contribution in [2.24, 2.45) is 0 Å². The molecule has 0 saturated carbocycles. The van der Waals surface area contributed by atoms with Gasteiger partial charge in [-0.25, -0.2) is 8.78 Å². The molecule has 0 unspecified atom stereocenters. The number of carbonyl (C=O) groups is 1. The van der Waals surface area contributed by atoms with E-state index in [1.54, 1.807) is 12.1 Å². The van der Waals surface area contributed by atoms with Crippen molar-refractivity contribution in [3.63, 3.8) is 0 Å². The monoisotopic (exact) mass is 421 g/mol. The number of benzene rings is 3. The lowest BCUT2D eigenvalue weighted by molar-refractivity contribution is 0.102. The van der Waals surface area contributed by atoms with Crippen LogP contribution in [0, 0.1) is 11.6 Å². The highest BCUT2D eigenvalue weighted by Crippen LogP contribution is 2.26. The Hall–Kier alpha value is -3.32. The van der Waals surface area contributed by atoms with Crippen molar-refractivity contribution < 1.29 is 13.6 Å². The number of hydrogen-bond donors (Lipinski definition) is 0. The van der Waals surface area contributed by atoms with Crippen molar-refractivity contribution >= 4 is 17.5 Å². The summed E-state index contributed by atoms with van der Waals surface area (Å²) in [6, 6.07) is 21.3. The van der Waals surface area contributed by atoms with Gasteiger partial charge in [-0.05, 0) is 54.1 Å². The first-order valence-corrected chi connectivity index (χ1v) is 10.2. The molecule has 0 amide bonds. The smallest absolute Gasteiger partial charge is 0.192 e. The Balaban J connectivity index is 1.61. The Bertz CT molecular complexity index is 1140. The molecule has 0 bridgehead atoms. The molecular weight excluding hydrogens is 404 g/mol. The van der Waals surface area contributed by atoms with E-state index in [0.29, 0.717) is 23.1 Å². The van der Waals surface area contributed by atoms with Gasteiger partial charge < -0.3 is 0 Å². The summed E-state index contributed by atoms with van der Waals surface area (Å²) in [6.45, 7) is 0.508. The third kappa shape index (κ3) is 4.63. The number of halogens is 2. The van der Waals surface area contributed by atoms with Gasteiger partial charge in [0.1, 0.15) is 11.6 Å². The maximum Gasteiger partial charge on any atom is 0.192 e. The Morgan fingerprint density at radius 1 is 0.833 bits per heavy atom. The predicted octanol–water partition coefficient (Wildman–Crippen LogP) is 5.25.